The Balaban J connectivity index is 1.30. The van der Waals surface area contributed by atoms with E-state index in [1.807, 2.05) is 12.1 Å². The number of likely N-dealkylation sites (tertiary alicyclic amines) is 1. The predicted octanol–water partition coefficient (Wildman–Crippen LogP) is 3.41. The molecule has 1 amide bonds. The summed E-state index contributed by atoms with van der Waals surface area (Å²) >= 11 is 0. The Hall–Kier alpha value is -2.88. The molecule has 176 valence electrons. The van der Waals surface area contributed by atoms with Crippen molar-refractivity contribution in [1.82, 2.24) is 14.9 Å². The number of rotatable bonds is 5. The lowest BCUT2D eigenvalue weighted by molar-refractivity contribution is 0.0870. The Morgan fingerprint density at radius 3 is 2.52 bits per heavy atom. The lowest BCUT2D eigenvalue weighted by atomic mass is 10.1. The predicted molar refractivity (Wildman–Crippen MR) is 122 cm³/mol. The third-order valence-electron chi connectivity index (χ3n) is 6.92. The minimum absolute atomic E-state index is 0.0856. The van der Waals surface area contributed by atoms with Crippen LogP contribution in [0.2, 0.25) is 0 Å². The van der Waals surface area contributed by atoms with Gasteiger partial charge in [0.15, 0.2) is 9.84 Å². The van der Waals surface area contributed by atoms with Gasteiger partial charge >= 0.3 is 6.09 Å². The first-order valence-corrected chi connectivity index (χ1v) is 13.1. The van der Waals surface area contributed by atoms with E-state index in [4.69, 9.17) is 9.84 Å². The van der Waals surface area contributed by atoms with Gasteiger partial charge in [0.2, 0.25) is 5.88 Å². The van der Waals surface area contributed by atoms with E-state index in [1.54, 1.807) is 12.1 Å². The number of sulfone groups is 1. The molecule has 0 bridgehead atoms. The highest BCUT2D eigenvalue weighted by atomic mass is 32.2. The van der Waals surface area contributed by atoms with E-state index in [0.717, 1.165) is 43.4 Å². The number of aromatic nitrogens is 2. The van der Waals surface area contributed by atoms with Crippen molar-refractivity contribution in [2.45, 2.75) is 61.2 Å². The second kappa shape index (κ2) is 8.81. The number of benzene rings is 1. The number of nitrogens with zero attached hydrogens (tertiary/aromatic N) is 4. The number of amides is 1. The average Bonchev–Trinajstić information content (AvgIpc) is 3.50. The number of hydrogen-bond acceptors (Lipinski definition) is 7. The van der Waals surface area contributed by atoms with Crippen LogP contribution in [0.5, 0.6) is 5.88 Å². The van der Waals surface area contributed by atoms with Gasteiger partial charge in [-0.1, -0.05) is 12.8 Å². The summed E-state index contributed by atoms with van der Waals surface area (Å²) < 4.78 is 32.0. The van der Waals surface area contributed by atoms with Crippen molar-refractivity contribution in [3.63, 3.8) is 0 Å². The molecule has 5 rings (SSSR count). The number of ether oxygens (including phenoxy) is 1. The van der Waals surface area contributed by atoms with Crippen LogP contribution >= 0.6 is 0 Å². The van der Waals surface area contributed by atoms with E-state index in [2.05, 4.69) is 14.9 Å². The molecule has 0 spiro atoms. The number of piperidine rings is 1. The topological polar surface area (TPSA) is 113 Å². The molecular formula is C23H28N4O5S. The summed E-state index contributed by atoms with van der Waals surface area (Å²) in [7, 11) is -3.28. The molecule has 1 aromatic carbocycles. The molecule has 9 nitrogen and oxygen atoms in total. The Kier molecular flexibility index (Phi) is 5.86. The Labute approximate surface area is 193 Å². The molecule has 1 saturated heterocycles. The minimum Gasteiger partial charge on any atom is -0.474 e. The molecule has 2 fully saturated rings. The van der Waals surface area contributed by atoms with Crippen molar-refractivity contribution in [1.29, 1.82) is 0 Å². The number of carbonyl (C=O) groups is 1. The Morgan fingerprint density at radius 1 is 1.03 bits per heavy atom. The zero-order chi connectivity index (χ0) is 23.0. The highest BCUT2D eigenvalue weighted by Crippen LogP contribution is 2.37. The van der Waals surface area contributed by atoms with Gasteiger partial charge in [-0.15, -0.1) is 0 Å². The van der Waals surface area contributed by atoms with Crippen molar-refractivity contribution in [2.24, 2.45) is 0 Å². The van der Waals surface area contributed by atoms with Gasteiger partial charge in [0, 0.05) is 44.2 Å². The van der Waals surface area contributed by atoms with E-state index in [0.29, 0.717) is 49.1 Å². The molecule has 0 unspecified atom stereocenters. The third-order valence-corrected chi connectivity index (χ3v) is 9.18. The lowest BCUT2D eigenvalue weighted by Gasteiger charge is -2.30. The summed E-state index contributed by atoms with van der Waals surface area (Å²) in [6, 6.07) is 7.23. The highest BCUT2D eigenvalue weighted by molar-refractivity contribution is 7.92. The number of hydrogen-bond donors (Lipinski definition) is 1. The molecule has 1 N–H and O–H groups in total. The first-order chi connectivity index (χ1) is 15.9. The van der Waals surface area contributed by atoms with Crippen LogP contribution in [-0.2, 0) is 16.3 Å². The van der Waals surface area contributed by atoms with E-state index < -0.39 is 15.9 Å². The summed E-state index contributed by atoms with van der Waals surface area (Å²) in [5.41, 5.74) is 1.97. The third kappa shape index (κ3) is 4.36. The van der Waals surface area contributed by atoms with Crippen LogP contribution in [0.25, 0.3) is 0 Å². The Morgan fingerprint density at radius 2 is 1.79 bits per heavy atom. The summed E-state index contributed by atoms with van der Waals surface area (Å²) in [5.74, 6) is 1.16. The van der Waals surface area contributed by atoms with Gasteiger partial charge in [0.25, 0.3) is 0 Å². The van der Waals surface area contributed by atoms with Gasteiger partial charge in [-0.3, -0.25) is 0 Å². The minimum atomic E-state index is -3.28. The number of carboxylic acid groups (broad SMARTS) is 1. The maximum absolute atomic E-state index is 13.0. The molecule has 2 aromatic rings. The molecule has 33 heavy (non-hydrogen) atoms. The van der Waals surface area contributed by atoms with Gasteiger partial charge in [0.05, 0.1) is 10.1 Å². The standard InChI is InChI=1S/C23H28N4O5S/c28-23(29)26-10-8-17(9-11-26)32-22-14-21(24-15-25-22)27-12-7-16-13-19(5-6-20(16)27)33(30,31)18-3-1-2-4-18/h5-6,13-15,17-18H,1-4,7-12H2,(H,28,29). The van der Waals surface area contributed by atoms with Gasteiger partial charge in [-0.25, -0.2) is 23.2 Å². The SMILES string of the molecule is O=C(O)N1CCC(Oc2cc(N3CCc4cc(S(=O)(=O)C5CCCC5)ccc43)ncn2)CC1. The van der Waals surface area contributed by atoms with Gasteiger partial charge < -0.3 is 19.6 Å². The molecule has 0 radical (unpaired) electrons. The fourth-order valence-electron chi connectivity index (χ4n) is 5.06. The summed E-state index contributed by atoms with van der Waals surface area (Å²) in [5, 5.41) is 8.84. The molecule has 1 aromatic heterocycles. The summed E-state index contributed by atoms with van der Waals surface area (Å²) in [4.78, 5) is 23.6. The molecule has 1 aliphatic carbocycles. The molecule has 0 atom stereocenters. The largest absolute Gasteiger partial charge is 0.474 e. The fourth-order valence-corrected chi connectivity index (χ4v) is 6.96. The van der Waals surface area contributed by atoms with E-state index in [1.165, 1.54) is 11.2 Å². The smallest absolute Gasteiger partial charge is 0.407 e. The van der Waals surface area contributed by atoms with Crippen molar-refractivity contribution >= 4 is 27.4 Å². The first kappa shape index (κ1) is 21.9. The average molecular weight is 473 g/mol. The van der Waals surface area contributed by atoms with Crippen LogP contribution in [0.1, 0.15) is 44.1 Å². The molecule has 1 saturated carbocycles. The van der Waals surface area contributed by atoms with Crippen LogP contribution < -0.4 is 9.64 Å². The maximum atomic E-state index is 13.0. The summed E-state index contributed by atoms with van der Waals surface area (Å²) in [6.45, 7) is 1.60. The lowest BCUT2D eigenvalue weighted by Crippen LogP contribution is -2.41. The van der Waals surface area contributed by atoms with Crippen LogP contribution in [0.15, 0.2) is 35.5 Å². The van der Waals surface area contributed by atoms with Crippen LogP contribution in [0.4, 0.5) is 16.3 Å². The fraction of sp³-hybridized carbons (Fsp3) is 0.522. The van der Waals surface area contributed by atoms with Crippen molar-refractivity contribution in [3.8, 4) is 5.88 Å². The second-order valence-electron chi connectivity index (χ2n) is 8.94. The highest BCUT2D eigenvalue weighted by Gasteiger charge is 2.32. The number of fused-ring (bicyclic) bond motifs is 1. The summed E-state index contributed by atoms with van der Waals surface area (Å²) in [6.07, 6.45) is 5.95. The molecule has 3 aliphatic rings. The Bertz CT molecular complexity index is 1140. The molecule has 3 heterocycles. The van der Waals surface area contributed by atoms with Crippen molar-refractivity contribution < 1.29 is 23.1 Å². The zero-order valence-electron chi connectivity index (χ0n) is 18.4. The van der Waals surface area contributed by atoms with Crippen molar-refractivity contribution in [2.75, 3.05) is 24.5 Å². The maximum Gasteiger partial charge on any atom is 0.407 e. The van der Waals surface area contributed by atoms with E-state index in [-0.39, 0.29) is 11.4 Å². The van der Waals surface area contributed by atoms with Crippen molar-refractivity contribution in [3.05, 3.63) is 36.2 Å². The van der Waals surface area contributed by atoms with Gasteiger partial charge in [0.1, 0.15) is 18.2 Å². The monoisotopic (exact) mass is 472 g/mol. The zero-order valence-corrected chi connectivity index (χ0v) is 19.2. The normalized spacial score (nSPS) is 19.6. The second-order valence-corrected chi connectivity index (χ2v) is 11.2. The number of anilines is 2. The quantitative estimate of drug-likeness (QED) is 0.704. The van der Waals surface area contributed by atoms with Crippen LogP contribution in [0.3, 0.4) is 0 Å². The van der Waals surface area contributed by atoms with Crippen LogP contribution in [-0.4, -0.2) is 65.5 Å². The molecular weight excluding hydrogens is 444 g/mol. The van der Waals surface area contributed by atoms with Crippen LogP contribution in [0, 0.1) is 0 Å². The molecule has 2 aliphatic heterocycles. The van der Waals surface area contributed by atoms with E-state index >= 15 is 0 Å². The van der Waals surface area contributed by atoms with Gasteiger partial charge in [-0.2, -0.15) is 0 Å². The van der Waals surface area contributed by atoms with E-state index in [9.17, 15) is 13.2 Å². The first-order valence-electron chi connectivity index (χ1n) is 11.5. The van der Waals surface area contributed by atoms with Gasteiger partial charge in [-0.05, 0) is 43.0 Å². The molecule has 10 heteroatoms.